The molecule has 6 nitrogen and oxygen atoms in total. The van der Waals surface area contributed by atoms with Crippen LogP contribution >= 0.6 is 0 Å². The van der Waals surface area contributed by atoms with Crippen LogP contribution in [0.4, 0.5) is 10.5 Å². The molecule has 25 heavy (non-hydrogen) atoms. The molecule has 3 N–H and O–H groups in total. The summed E-state index contributed by atoms with van der Waals surface area (Å²) >= 11 is 0. The Morgan fingerprint density at radius 3 is 2.00 bits per heavy atom. The lowest BCUT2D eigenvalue weighted by Crippen LogP contribution is -2.60. The van der Waals surface area contributed by atoms with Crippen molar-refractivity contribution in [2.45, 2.75) is 49.0 Å². The smallest absolute Gasteiger partial charge is 0.319 e. The average Bonchev–Trinajstić information content (AvgIpc) is 2.53. The van der Waals surface area contributed by atoms with Crippen molar-refractivity contribution in [1.29, 1.82) is 0 Å². The number of rotatable bonds is 4. The minimum absolute atomic E-state index is 0.0335. The van der Waals surface area contributed by atoms with Crippen LogP contribution < -0.4 is 15.4 Å². The van der Waals surface area contributed by atoms with Gasteiger partial charge >= 0.3 is 6.03 Å². The molecule has 7 heteroatoms. The standard InChI is InChI=1S/C18H25N3O3S/c1-19-25(23,24)16-4-2-15(3-5-16)20-17(22)21-18-9-12-6-13(10-18)8-14(7-12)11-18/h2-5,12-14,19H,6-11H2,1H3,(H2,20,21,22). The monoisotopic (exact) mass is 363 g/mol. The quantitative estimate of drug-likeness (QED) is 0.768. The van der Waals surface area contributed by atoms with Crippen LogP contribution in [0.5, 0.6) is 0 Å². The fourth-order valence-electron chi connectivity index (χ4n) is 5.50. The molecule has 4 aliphatic carbocycles. The summed E-state index contributed by atoms with van der Waals surface area (Å²) < 4.78 is 25.8. The van der Waals surface area contributed by atoms with Gasteiger partial charge in [0.15, 0.2) is 0 Å². The zero-order valence-corrected chi connectivity index (χ0v) is 15.2. The van der Waals surface area contributed by atoms with Crippen molar-refractivity contribution in [3.05, 3.63) is 24.3 Å². The predicted molar refractivity (Wildman–Crippen MR) is 95.7 cm³/mol. The third-order valence-electron chi connectivity index (χ3n) is 6.11. The molecule has 0 aliphatic heterocycles. The lowest BCUT2D eigenvalue weighted by atomic mass is 9.53. The van der Waals surface area contributed by atoms with Gasteiger partial charge in [-0.05, 0) is 87.6 Å². The van der Waals surface area contributed by atoms with Gasteiger partial charge in [-0.3, -0.25) is 0 Å². The van der Waals surface area contributed by atoms with Crippen LogP contribution in [0.15, 0.2) is 29.2 Å². The molecule has 0 saturated heterocycles. The number of sulfonamides is 1. The third kappa shape index (κ3) is 3.27. The second-order valence-corrected chi connectivity index (χ2v) is 9.90. The zero-order valence-electron chi connectivity index (χ0n) is 14.4. The Kier molecular flexibility index (Phi) is 4.03. The highest BCUT2D eigenvalue weighted by Gasteiger charge is 2.51. The Bertz CT molecular complexity index is 738. The molecule has 1 aromatic carbocycles. The van der Waals surface area contributed by atoms with Gasteiger partial charge in [0.2, 0.25) is 10.0 Å². The Hall–Kier alpha value is -1.60. The van der Waals surface area contributed by atoms with E-state index in [0.29, 0.717) is 5.69 Å². The summed E-state index contributed by atoms with van der Waals surface area (Å²) in [6.07, 6.45) is 7.32. The van der Waals surface area contributed by atoms with E-state index in [1.165, 1.54) is 38.4 Å². The number of carbonyl (C=O) groups is 1. The van der Waals surface area contributed by atoms with Crippen LogP contribution in [-0.4, -0.2) is 27.0 Å². The third-order valence-corrected chi connectivity index (χ3v) is 7.54. The Morgan fingerprint density at radius 2 is 1.52 bits per heavy atom. The number of benzene rings is 1. The minimum atomic E-state index is -3.46. The fraction of sp³-hybridized carbons (Fsp3) is 0.611. The maximum Gasteiger partial charge on any atom is 0.319 e. The second kappa shape index (κ2) is 5.99. The zero-order chi connectivity index (χ0) is 17.7. The predicted octanol–water partition coefficient (Wildman–Crippen LogP) is 2.69. The summed E-state index contributed by atoms with van der Waals surface area (Å²) in [5.74, 6) is 2.33. The van der Waals surface area contributed by atoms with Crippen molar-refractivity contribution < 1.29 is 13.2 Å². The van der Waals surface area contributed by atoms with E-state index < -0.39 is 10.0 Å². The molecule has 0 atom stereocenters. The van der Waals surface area contributed by atoms with Gasteiger partial charge in [-0.15, -0.1) is 0 Å². The number of amides is 2. The Balaban J connectivity index is 1.41. The van der Waals surface area contributed by atoms with E-state index in [-0.39, 0.29) is 16.5 Å². The first kappa shape index (κ1) is 16.8. The highest BCUT2D eigenvalue weighted by molar-refractivity contribution is 7.89. The maximum atomic E-state index is 12.5. The van der Waals surface area contributed by atoms with Crippen molar-refractivity contribution >= 4 is 21.7 Å². The van der Waals surface area contributed by atoms with Crippen LogP contribution in [0.1, 0.15) is 38.5 Å². The van der Waals surface area contributed by atoms with Crippen LogP contribution in [0.3, 0.4) is 0 Å². The molecular formula is C18H25N3O3S. The Labute approximate surface area is 148 Å². The van der Waals surface area contributed by atoms with Gasteiger partial charge in [-0.1, -0.05) is 0 Å². The molecule has 0 spiro atoms. The number of hydrogen-bond donors (Lipinski definition) is 3. The summed E-state index contributed by atoms with van der Waals surface area (Å²) in [4.78, 5) is 12.7. The fourth-order valence-corrected chi connectivity index (χ4v) is 6.23. The van der Waals surface area contributed by atoms with Gasteiger partial charge in [0.05, 0.1) is 4.90 Å². The largest absolute Gasteiger partial charge is 0.332 e. The van der Waals surface area contributed by atoms with Crippen molar-refractivity contribution in [3.63, 3.8) is 0 Å². The first-order valence-electron chi connectivity index (χ1n) is 9.00. The van der Waals surface area contributed by atoms with Crippen molar-refractivity contribution in [3.8, 4) is 0 Å². The first-order chi connectivity index (χ1) is 11.9. The molecule has 136 valence electrons. The molecule has 0 heterocycles. The highest BCUT2D eigenvalue weighted by Crippen LogP contribution is 2.55. The number of anilines is 1. The molecule has 4 saturated carbocycles. The molecule has 5 rings (SSSR count). The molecule has 2 amide bonds. The van der Waals surface area contributed by atoms with Gasteiger partial charge in [0, 0.05) is 11.2 Å². The average molecular weight is 363 g/mol. The molecular weight excluding hydrogens is 338 g/mol. The van der Waals surface area contributed by atoms with E-state index in [0.717, 1.165) is 37.0 Å². The summed E-state index contributed by atoms with van der Waals surface area (Å²) in [6, 6.07) is 6.02. The maximum absolute atomic E-state index is 12.5. The van der Waals surface area contributed by atoms with Crippen molar-refractivity contribution in [2.75, 3.05) is 12.4 Å². The molecule has 4 fully saturated rings. The molecule has 4 aliphatic rings. The van der Waals surface area contributed by atoms with Gasteiger partial charge in [0.25, 0.3) is 0 Å². The summed E-state index contributed by atoms with van der Waals surface area (Å²) in [5, 5.41) is 6.10. The number of carbonyl (C=O) groups excluding carboxylic acids is 1. The van der Waals surface area contributed by atoms with Gasteiger partial charge in [-0.25, -0.2) is 17.9 Å². The highest BCUT2D eigenvalue weighted by atomic mass is 32.2. The van der Waals surface area contributed by atoms with Crippen LogP contribution in [-0.2, 0) is 10.0 Å². The SMILES string of the molecule is CNS(=O)(=O)c1ccc(NC(=O)NC23CC4CC(CC(C4)C2)C3)cc1. The Morgan fingerprint density at radius 1 is 1.00 bits per heavy atom. The first-order valence-corrected chi connectivity index (χ1v) is 10.5. The minimum Gasteiger partial charge on any atom is -0.332 e. The van der Waals surface area contributed by atoms with Gasteiger partial charge in [0.1, 0.15) is 0 Å². The van der Waals surface area contributed by atoms with Crippen LogP contribution in [0.2, 0.25) is 0 Å². The van der Waals surface area contributed by atoms with Crippen molar-refractivity contribution in [1.82, 2.24) is 10.0 Å². The lowest BCUT2D eigenvalue weighted by Gasteiger charge is -2.56. The number of urea groups is 1. The van der Waals surface area contributed by atoms with Crippen molar-refractivity contribution in [2.24, 2.45) is 17.8 Å². The normalized spacial score (nSPS) is 33.2. The molecule has 4 bridgehead atoms. The molecule has 0 aromatic heterocycles. The van der Waals surface area contributed by atoms with E-state index >= 15 is 0 Å². The van der Waals surface area contributed by atoms with Gasteiger partial charge in [-0.2, -0.15) is 0 Å². The summed E-state index contributed by atoms with van der Waals surface area (Å²) in [7, 11) is -2.08. The lowest BCUT2D eigenvalue weighted by molar-refractivity contribution is -0.0127. The number of nitrogens with one attached hydrogen (secondary N) is 3. The van der Waals surface area contributed by atoms with E-state index in [2.05, 4.69) is 15.4 Å². The van der Waals surface area contributed by atoms with Gasteiger partial charge < -0.3 is 10.6 Å². The van der Waals surface area contributed by atoms with Crippen LogP contribution in [0.25, 0.3) is 0 Å². The van der Waals surface area contributed by atoms with E-state index in [1.807, 2.05) is 0 Å². The molecule has 0 unspecified atom stereocenters. The van der Waals surface area contributed by atoms with E-state index in [4.69, 9.17) is 0 Å². The summed E-state index contributed by atoms with van der Waals surface area (Å²) in [6.45, 7) is 0. The van der Waals surface area contributed by atoms with E-state index in [1.54, 1.807) is 12.1 Å². The summed E-state index contributed by atoms with van der Waals surface area (Å²) in [5.41, 5.74) is 0.561. The number of hydrogen-bond acceptors (Lipinski definition) is 3. The van der Waals surface area contributed by atoms with Crippen LogP contribution in [0, 0.1) is 17.8 Å². The molecule has 0 radical (unpaired) electrons. The molecule has 1 aromatic rings. The van der Waals surface area contributed by atoms with E-state index in [9.17, 15) is 13.2 Å². The second-order valence-electron chi connectivity index (χ2n) is 8.01. The topological polar surface area (TPSA) is 87.3 Å².